The topological polar surface area (TPSA) is 114 Å². The van der Waals surface area contributed by atoms with Crippen molar-refractivity contribution in [1.29, 1.82) is 0 Å². The summed E-state index contributed by atoms with van der Waals surface area (Å²) in [5.74, 6) is -0.832. The highest BCUT2D eigenvalue weighted by Crippen LogP contribution is 2.20. The molecule has 0 aliphatic rings. The Morgan fingerprint density at radius 3 is 2.12 bits per heavy atom. The van der Waals surface area contributed by atoms with Gasteiger partial charge < -0.3 is 15.4 Å². The van der Waals surface area contributed by atoms with Crippen LogP contribution in [0.2, 0.25) is 0 Å². The zero-order valence-electron chi connectivity index (χ0n) is 17.0. The van der Waals surface area contributed by atoms with Crippen LogP contribution in [0.3, 0.4) is 0 Å². The normalized spacial score (nSPS) is 10.8. The number of nitrogens with one attached hydrogen (secondary N) is 3. The van der Waals surface area contributed by atoms with Gasteiger partial charge in [0.05, 0.1) is 4.90 Å². The molecule has 2 amide bonds. The van der Waals surface area contributed by atoms with E-state index in [9.17, 15) is 22.4 Å². The molecule has 0 unspecified atom stereocenters. The molecule has 10 heteroatoms. The summed E-state index contributed by atoms with van der Waals surface area (Å²) in [7, 11) is -3.86. The Bertz CT molecular complexity index is 1210. The van der Waals surface area contributed by atoms with Gasteiger partial charge in [-0.15, -0.1) is 0 Å². The Kier molecular flexibility index (Phi) is 7.06. The van der Waals surface area contributed by atoms with Crippen molar-refractivity contribution in [3.05, 3.63) is 78.6 Å². The lowest BCUT2D eigenvalue weighted by molar-refractivity contribution is -0.118. The van der Waals surface area contributed by atoms with Crippen molar-refractivity contribution in [1.82, 2.24) is 0 Å². The average molecular weight is 457 g/mol. The van der Waals surface area contributed by atoms with Crippen LogP contribution in [0.15, 0.2) is 77.7 Å². The van der Waals surface area contributed by atoms with Gasteiger partial charge in [-0.3, -0.25) is 14.3 Å². The Hall–Kier alpha value is -3.92. The van der Waals surface area contributed by atoms with E-state index in [4.69, 9.17) is 4.74 Å². The second-order valence-corrected chi connectivity index (χ2v) is 8.37. The second-order valence-electron chi connectivity index (χ2n) is 6.68. The van der Waals surface area contributed by atoms with Crippen molar-refractivity contribution >= 4 is 38.9 Å². The summed E-state index contributed by atoms with van der Waals surface area (Å²) in [6.45, 7) is 1.08. The van der Waals surface area contributed by atoms with Crippen LogP contribution in [0, 0.1) is 5.82 Å². The molecule has 0 saturated carbocycles. The Morgan fingerprint density at radius 2 is 1.50 bits per heavy atom. The standard InChI is InChI=1S/C22H20FN3O5S/c1-15(27)24-18-3-2-4-19(13-18)25-22(28)14-31-20-9-11-21(12-10-20)32(29,30)26-17-7-5-16(23)6-8-17/h2-13,26H,14H2,1H3,(H,24,27)(H,25,28). The third-order valence-electron chi connectivity index (χ3n) is 4.07. The van der Waals surface area contributed by atoms with Gasteiger partial charge in [-0.2, -0.15) is 0 Å². The molecular formula is C22H20FN3O5S. The molecule has 0 radical (unpaired) electrons. The lowest BCUT2D eigenvalue weighted by atomic mass is 10.2. The van der Waals surface area contributed by atoms with Crippen LogP contribution in [0.5, 0.6) is 5.75 Å². The number of rotatable bonds is 8. The minimum absolute atomic E-state index is 0.0200. The van der Waals surface area contributed by atoms with E-state index in [-0.39, 0.29) is 23.1 Å². The van der Waals surface area contributed by atoms with Crippen LogP contribution < -0.4 is 20.1 Å². The first-order valence-electron chi connectivity index (χ1n) is 9.40. The van der Waals surface area contributed by atoms with Gasteiger partial charge in [0.2, 0.25) is 5.91 Å². The van der Waals surface area contributed by atoms with Gasteiger partial charge in [0, 0.05) is 24.0 Å². The van der Waals surface area contributed by atoms with E-state index < -0.39 is 21.7 Å². The molecule has 0 bridgehead atoms. The van der Waals surface area contributed by atoms with Crippen LogP contribution in [0.1, 0.15) is 6.92 Å². The molecule has 3 N–H and O–H groups in total. The molecule has 0 saturated heterocycles. The highest BCUT2D eigenvalue weighted by atomic mass is 32.2. The lowest BCUT2D eigenvalue weighted by Crippen LogP contribution is -2.20. The molecule has 0 aliphatic heterocycles. The summed E-state index contributed by atoms with van der Waals surface area (Å²) in [5.41, 5.74) is 1.26. The fourth-order valence-corrected chi connectivity index (χ4v) is 3.73. The van der Waals surface area contributed by atoms with Crippen molar-refractivity contribution in [3.63, 3.8) is 0 Å². The van der Waals surface area contributed by atoms with E-state index in [1.165, 1.54) is 43.3 Å². The summed E-state index contributed by atoms with van der Waals surface area (Å²) in [5, 5.41) is 5.26. The molecule has 32 heavy (non-hydrogen) atoms. The van der Waals surface area contributed by atoms with E-state index in [0.29, 0.717) is 17.1 Å². The highest BCUT2D eigenvalue weighted by Gasteiger charge is 2.14. The lowest BCUT2D eigenvalue weighted by Gasteiger charge is -2.10. The van der Waals surface area contributed by atoms with Crippen LogP contribution in [-0.4, -0.2) is 26.8 Å². The van der Waals surface area contributed by atoms with Crippen molar-refractivity contribution in [2.24, 2.45) is 0 Å². The molecular weight excluding hydrogens is 437 g/mol. The fourth-order valence-electron chi connectivity index (χ4n) is 2.67. The number of amides is 2. The molecule has 3 aromatic rings. The molecule has 0 aliphatic carbocycles. The van der Waals surface area contributed by atoms with Gasteiger partial charge in [0.1, 0.15) is 11.6 Å². The zero-order valence-corrected chi connectivity index (χ0v) is 17.8. The quantitative estimate of drug-likeness (QED) is 0.478. The van der Waals surface area contributed by atoms with E-state index in [1.807, 2.05) is 0 Å². The number of anilines is 3. The van der Waals surface area contributed by atoms with Gasteiger partial charge in [-0.1, -0.05) is 6.07 Å². The maximum atomic E-state index is 13.0. The number of carbonyl (C=O) groups is 2. The smallest absolute Gasteiger partial charge is 0.262 e. The van der Waals surface area contributed by atoms with E-state index in [0.717, 1.165) is 12.1 Å². The van der Waals surface area contributed by atoms with Crippen molar-refractivity contribution in [3.8, 4) is 5.75 Å². The van der Waals surface area contributed by atoms with Crippen molar-refractivity contribution in [2.45, 2.75) is 11.8 Å². The molecule has 166 valence electrons. The molecule has 8 nitrogen and oxygen atoms in total. The Morgan fingerprint density at radius 1 is 0.875 bits per heavy atom. The first kappa shape index (κ1) is 22.8. The maximum Gasteiger partial charge on any atom is 0.262 e. The molecule has 0 fully saturated rings. The van der Waals surface area contributed by atoms with Crippen molar-refractivity contribution < 1.29 is 27.1 Å². The average Bonchev–Trinajstić information content (AvgIpc) is 2.74. The summed E-state index contributed by atoms with van der Waals surface area (Å²) < 4.78 is 45.6. The minimum Gasteiger partial charge on any atom is -0.484 e. The molecule has 0 spiro atoms. The van der Waals surface area contributed by atoms with Gasteiger partial charge in [0.15, 0.2) is 6.61 Å². The Balaban J connectivity index is 1.55. The first-order valence-corrected chi connectivity index (χ1v) is 10.9. The Labute approximate surface area is 184 Å². The van der Waals surface area contributed by atoms with E-state index >= 15 is 0 Å². The van der Waals surface area contributed by atoms with Crippen LogP contribution in [-0.2, 0) is 19.6 Å². The number of ether oxygens (including phenoxy) is 1. The summed E-state index contributed by atoms with van der Waals surface area (Å²) in [4.78, 5) is 23.2. The van der Waals surface area contributed by atoms with E-state index in [1.54, 1.807) is 24.3 Å². The highest BCUT2D eigenvalue weighted by molar-refractivity contribution is 7.92. The predicted molar refractivity (Wildman–Crippen MR) is 119 cm³/mol. The second kappa shape index (κ2) is 9.92. The molecule has 0 aromatic heterocycles. The predicted octanol–water partition coefficient (Wildman–Crippen LogP) is 3.60. The number of sulfonamides is 1. The first-order chi connectivity index (χ1) is 15.2. The monoisotopic (exact) mass is 457 g/mol. The van der Waals surface area contributed by atoms with Crippen LogP contribution >= 0.6 is 0 Å². The van der Waals surface area contributed by atoms with Crippen LogP contribution in [0.4, 0.5) is 21.5 Å². The minimum atomic E-state index is -3.86. The molecule has 0 heterocycles. The third kappa shape index (κ3) is 6.54. The number of hydrogen-bond donors (Lipinski definition) is 3. The van der Waals surface area contributed by atoms with Gasteiger partial charge >= 0.3 is 0 Å². The molecule has 3 rings (SSSR count). The zero-order chi connectivity index (χ0) is 23.1. The van der Waals surface area contributed by atoms with Gasteiger partial charge in [-0.25, -0.2) is 12.8 Å². The molecule has 3 aromatic carbocycles. The number of carbonyl (C=O) groups excluding carboxylic acids is 2. The number of halogens is 1. The summed E-state index contributed by atoms with van der Waals surface area (Å²) in [6.07, 6.45) is 0. The van der Waals surface area contributed by atoms with Gasteiger partial charge in [0.25, 0.3) is 15.9 Å². The largest absolute Gasteiger partial charge is 0.484 e. The fraction of sp³-hybridized carbons (Fsp3) is 0.0909. The maximum absolute atomic E-state index is 13.0. The number of benzene rings is 3. The SMILES string of the molecule is CC(=O)Nc1cccc(NC(=O)COc2ccc(S(=O)(=O)Nc3ccc(F)cc3)cc2)c1. The third-order valence-corrected chi connectivity index (χ3v) is 5.46. The molecule has 0 atom stereocenters. The summed E-state index contributed by atoms with van der Waals surface area (Å²) >= 11 is 0. The summed E-state index contributed by atoms with van der Waals surface area (Å²) in [6, 6.07) is 17.1. The van der Waals surface area contributed by atoms with E-state index in [2.05, 4.69) is 15.4 Å². The van der Waals surface area contributed by atoms with Gasteiger partial charge in [-0.05, 0) is 66.7 Å². The van der Waals surface area contributed by atoms with Crippen LogP contribution in [0.25, 0.3) is 0 Å². The number of hydrogen-bond acceptors (Lipinski definition) is 5. The van der Waals surface area contributed by atoms with Crippen molar-refractivity contribution in [2.75, 3.05) is 22.0 Å².